The van der Waals surface area contributed by atoms with E-state index in [-0.39, 0.29) is 6.17 Å². The van der Waals surface area contributed by atoms with Crippen LogP contribution in [0.15, 0.2) is 54.6 Å². The standard InChI is InChI=1S/C18H19N3OS/c1-22-16-10-5-7-14(13-16)17-19-11-6-12-20(19)18(23)21(17)15-8-3-2-4-9-15/h2-5,7-10,13,17H,6,11-12H2,1H3/t17-/m1/s1. The van der Waals surface area contributed by atoms with Crippen LogP contribution in [-0.4, -0.2) is 35.3 Å². The van der Waals surface area contributed by atoms with Gasteiger partial charge in [-0.15, -0.1) is 0 Å². The van der Waals surface area contributed by atoms with Crippen molar-refractivity contribution >= 4 is 23.0 Å². The lowest BCUT2D eigenvalue weighted by atomic mass is 10.1. The number of fused-ring (bicyclic) bond motifs is 1. The number of hydrazine groups is 1. The number of hydrogen-bond acceptors (Lipinski definition) is 3. The molecule has 2 fully saturated rings. The second kappa shape index (κ2) is 5.83. The minimum Gasteiger partial charge on any atom is -0.497 e. The normalized spacial score (nSPS) is 20.9. The molecule has 2 aromatic rings. The highest BCUT2D eigenvalue weighted by Gasteiger charge is 2.45. The van der Waals surface area contributed by atoms with Gasteiger partial charge in [-0.1, -0.05) is 30.3 Å². The van der Waals surface area contributed by atoms with Crippen molar-refractivity contribution in [3.63, 3.8) is 0 Å². The zero-order valence-electron chi connectivity index (χ0n) is 13.1. The van der Waals surface area contributed by atoms with Gasteiger partial charge in [0.05, 0.1) is 7.11 Å². The molecular weight excluding hydrogens is 306 g/mol. The van der Waals surface area contributed by atoms with Gasteiger partial charge in [0.1, 0.15) is 11.9 Å². The van der Waals surface area contributed by atoms with Crippen molar-refractivity contribution in [1.29, 1.82) is 0 Å². The molecule has 2 aliphatic heterocycles. The maximum absolute atomic E-state index is 5.78. The molecule has 0 amide bonds. The van der Waals surface area contributed by atoms with E-state index in [1.807, 2.05) is 18.2 Å². The molecule has 118 valence electrons. The molecular formula is C18H19N3OS. The SMILES string of the molecule is COc1cccc([C@H]2N(c3ccccc3)C(=S)N3CCCN23)c1. The van der Waals surface area contributed by atoms with Crippen LogP contribution in [0.4, 0.5) is 5.69 Å². The Balaban J connectivity index is 1.80. The summed E-state index contributed by atoms with van der Waals surface area (Å²) in [6.45, 7) is 2.01. The van der Waals surface area contributed by atoms with E-state index in [0.29, 0.717) is 0 Å². The molecule has 0 saturated carbocycles. The van der Waals surface area contributed by atoms with Gasteiger partial charge < -0.3 is 4.74 Å². The van der Waals surface area contributed by atoms with Crippen LogP contribution in [-0.2, 0) is 0 Å². The predicted molar refractivity (Wildman–Crippen MR) is 95.3 cm³/mol. The third-order valence-corrected chi connectivity index (χ3v) is 4.85. The summed E-state index contributed by atoms with van der Waals surface area (Å²) in [6.07, 6.45) is 1.23. The molecule has 0 bridgehead atoms. The fraction of sp³-hybridized carbons (Fsp3) is 0.278. The van der Waals surface area contributed by atoms with Crippen molar-refractivity contribution in [1.82, 2.24) is 10.0 Å². The van der Waals surface area contributed by atoms with Crippen molar-refractivity contribution in [3.8, 4) is 5.75 Å². The Hall–Kier alpha value is -2.11. The molecule has 0 aromatic heterocycles. The van der Waals surface area contributed by atoms with Gasteiger partial charge in [-0.05, 0) is 48.5 Å². The van der Waals surface area contributed by atoms with Gasteiger partial charge in [0, 0.05) is 18.8 Å². The molecule has 2 saturated heterocycles. The summed E-state index contributed by atoms with van der Waals surface area (Å²) >= 11 is 5.78. The van der Waals surface area contributed by atoms with Gasteiger partial charge in [0.15, 0.2) is 5.11 Å². The van der Waals surface area contributed by atoms with Crippen LogP contribution >= 0.6 is 12.2 Å². The molecule has 4 rings (SSSR count). The van der Waals surface area contributed by atoms with Crippen LogP contribution in [0.1, 0.15) is 18.2 Å². The first-order valence-electron chi connectivity index (χ1n) is 7.86. The van der Waals surface area contributed by atoms with Crippen molar-refractivity contribution in [3.05, 3.63) is 60.2 Å². The first kappa shape index (κ1) is 14.5. The fourth-order valence-corrected chi connectivity index (χ4v) is 3.82. The van der Waals surface area contributed by atoms with Gasteiger partial charge in [0.25, 0.3) is 0 Å². The van der Waals surface area contributed by atoms with Crippen molar-refractivity contribution < 1.29 is 4.74 Å². The Bertz CT molecular complexity index is 721. The summed E-state index contributed by atoms with van der Waals surface area (Å²) in [7, 11) is 1.70. The Morgan fingerprint density at radius 3 is 2.65 bits per heavy atom. The van der Waals surface area contributed by atoms with Crippen LogP contribution in [0.5, 0.6) is 5.75 Å². The van der Waals surface area contributed by atoms with E-state index < -0.39 is 0 Å². The summed E-state index contributed by atoms with van der Waals surface area (Å²) in [5.41, 5.74) is 2.32. The highest BCUT2D eigenvalue weighted by molar-refractivity contribution is 7.80. The minimum atomic E-state index is 0.0856. The maximum Gasteiger partial charge on any atom is 0.192 e. The van der Waals surface area contributed by atoms with E-state index in [9.17, 15) is 0 Å². The number of methoxy groups -OCH3 is 1. The van der Waals surface area contributed by atoms with Gasteiger partial charge in [-0.2, -0.15) is 5.01 Å². The second-order valence-corrected chi connectivity index (χ2v) is 6.14. The molecule has 1 atom stereocenters. The van der Waals surface area contributed by atoms with E-state index in [4.69, 9.17) is 17.0 Å². The van der Waals surface area contributed by atoms with Crippen molar-refractivity contribution in [2.75, 3.05) is 25.1 Å². The van der Waals surface area contributed by atoms with Crippen LogP contribution in [0.3, 0.4) is 0 Å². The number of thiocarbonyl (C=S) groups is 1. The average Bonchev–Trinajstić information content (AvgIpc) is 3.18. The smallest absolute Gasteiger partial charge is 0.192 e. The first-order valence-corrected chi connectivity index (χ1v) is 8.27. The molecule has 0 N–H and O–H groups in total. The maximum atomic E-state index is 5.78. The summed E-state index contributed by atoms with van der Waals surface area (Å²) in [6, 6.07) is 18.6. The minimum absolute atomic E-state index is 0.0856. The van der Waals surface area contributed by atoms with Gasteiger partial charge in [0.2, 0.25) is 0 Å². The van der Waals surface area contributed by atoms with Crippen molar-refractivity contribution in [2.24, 2.45) is 0 Å². The summed E-state index contributed by atoms with van der Waals surface area (Å²) in [5, 5.41) is 5.47. The molecule has 0 radical (unpaired) electrons. The Morgan fingerprint density at radius 1 is 1.04 bits per heavy atom. The Morgan fingerprint density at radius 2 is 1.87 bits per heavy atom. The predicted octanol–water partition coefficient (Wildman–Crippen LogP) is 3.42. The number of nitrogens with zero attached hydrogens (tertiary/aromatic N) is 3. The molecule has 0 aliphatic carbocycles. The molecule has 5 heteroatoms. The Labute approximate surface area is 141 Å². The largest absolute Gasteiger partial charge is 0.497 e. The van der Waals surface area contributed by atoms with Crippen LogP contribution in [0.2, 0.25) is 0 Å². The lowest BCUT2D eigenvalue weighted by molar-refractivity contribution is 0.0922. The lowest BCUT2D eigenvalue weighted by Crippen LogP contribution is -2.32. The van der Waals surface area contributed by atoms with Gasteiger partial charge in [-0.3, -0.25) is 9.91 Å². The highest BCUT2D eigenvalue weighted by Crippen LogP contribution is 2.41. The second-order valence-electron chi connectivity index (χ2n) is 5.78. The molecule has 4 nitrogen and oxygen atoms in total. The fourth-order valence-electron chi connectivity index (χ4n) is 3.42. The molecule has 23 heavy (non-hydrogen) atoms. The van der Waals surface area contributed by atoms with Crippen molar-refractivity contribution in [2.45, 2.75) is 12.6 Å². The quantitative estimate of drug-likeness (QED) is 0.803. The van der Waals surface area contributed by atoms with E-state index >= 15 is 0 Å². The summed E-state index contributed by atoms with van der Waals surface area (Å²) in [4.78, 5) is 2.24. The van der Waals surface area contributed by atoms with E-state index in [1.54, 1.807) is 7.11 Å². The number of rotatable bonds is 3. The number of anilines is 1. The zero-order valence-corrected chi connectivity index (χ0v) is 13.9. The molecule has 2 aliphatic rings. The topological polar surface area (TPSA) is 19.0 Å². The molecule has 0 spiro atoms. The molecule has 0 unspecified atom stereocenters. The average molecular weight is 325 g/mol. The number of hydrogen-bond donors (Lipinski definition) is 0. The molecule has 2 aromatic carbocycles. The summed E-state index contributed by atoms with van der Waals surface area (Å²) in [5.74, 6) is 0.874. The zero-order chi connectivity index (χ0) is 15.8. The van der Waals surface area contributed by atoms with Crippen LogP contribution in [0.25, 0.3) is 0 Å². The third kappa shape index (κ3) is 2.36. The first-order chi connectivity index (χ1) is 11.3. The van der Waals surface area contributed by atoms with Gasteiger partial charge >= 0.3 is 0 Å². The Kier molecular flexibility index (Phi) is 3.67. The number of para-hydroxylation sites is 1. The lowest BCUT2D eigenvalue weighted by Gasteiger charge is -2.29. The number of benzene rings is 2. The van der Waals surface area contributed by atoms with Crippen LogP contribution < -0.4 is 9.64 Å². The third-order valence-electron chi connectivity index (χ3n) is 4.45. The van der Waals surface area contributed by atoms with Crippen LogP contribution in [0, 0.1) is 0 Å². The van der Waals surface area contributed by atoms with Gasteiger partial charge in [-0.25, -0.2) is 0 Å². The van der Waals surface area contributed by atoms with E-state index in [1.165, 1.54) is 5.56 Å². The monoisotopic (exact) mass is 325 g/mol. The number of ether oxygens (including phenoxy) is 1. The highest BCUT2D eigenvalue weighted by atomic mass is 32.1. The molecule has 2 heterocycles. The van der Waals surface area contributed by atoms with E-state index in [0.717, 1.165) is 36.1 Å². The summed E-state index contributed by atoms with van der Waals surface area (Å²) < 4.78 is 5.41. The van der Waals surface area contributed by atoms with E-state index in [2.05, 4.69) is 51.3 Å².